The molecule has 0 unspecified atom stereocenters. The van der Waals surface area contributed by atoms with Gasteiger partial charge in [0.05, 0.1) is 28.4 Å². The number of ether oxygens (including phenoxy) is 1. The lowest BCUT2D eigenvalue weighted by molar-refractivity contribution is 0.0378. The number of para-hydroxylation sites is 1. The van der Waals surface area contributed by atoms with E-state index in [0.29, 0.717) is 16.1 Å². The molecule has 178 valence electrons. The number of pyridine rings is 1. The highest BCUT2D eigenvalue weighted by Gasteiger charge is 2.28. The minimum Gasteiger partial charge on any atom is -0.459 e. The van der Waals surface area contributed by atoms with Gasteiger partial charge in [-0.05, 0) is 69.7 Å². The molecule has 1 aliphatic carbocycles. The van der Waals surface area contributed by atoms with E-state index in [4.69, 9.17) is 9.72 Å². The Morgan fingerprint density at radius 3 is 2.57 bits per heavy atom. The number of nitrogens with one attached hydrogen (secondary N) is 1. The summed E-state index contributed by atoms with van der Waals surface area (Å²) in [6, 6.07) is 17.5. The summed E-state index contributed by atoms with van der Waals surface area (Å²) in [5, 5.41) is 4.42. The molecule has 0 spiro atoms. The Morgan fingerprint density at radius 1 is 1.03 bits per heavy atom. The maximum absolute atomic E-state index is 13.7. The van der Waals surface area contributed by atoms with Crippen molar-refractivity contribution < 1.29 is 14.3 Å². The van der Waals surface area contributed by atoms with E-state index in [2.05, 4.69) is 5.32 Å². The average molecular weight is 485 g/mol. The van der Waals surface area contributed by atoms with Crippen LogP contribution in [-0.2, 0) is 17.6 Å². The second-order valence-electron chi connectivity index (χ2n) is 9.21. The number of nitrogens with zero attached hydrogens (tertiary/aromatic N) is 1. The Morgan fingerprint density at radius 2 is 1.77 bits per heavy atom. The van der Waals surface area contributed by atoms with Crippen LogP contribution in [0.15, 0.2) is 54.6 Å². The number of thiophene rings is 1. The van der Waals surface area contributed by atoms with Gasteiger partial charge in [0.2, 0.25) is 0 Å². The molecule has 6 heteroatoms. The Bertz CT molecular complexity index is 1440. The van der Waals surface area contributed by atoms with Gasteiger partial charge in [0.1, 0.15) is 5.00 Å². The van der Waals surface area contributed by atoms with Crippen LogP contribution in [0.3, 0.4) is 0 Å². The van der Waals surface area contributed by atoms with Crippen molar-refractivity contribution in [1.29, 1.82) is 0 Å². The minimum atomic E-state index is -0.366. The first-order valence-electron chi connectivity index (χ1n) is 12.0. The quantitative estimate of drug-likeness (QED) is 0.311. The monoisotopic (exact) mass is 484 g/mol. The molecular weight excluding hydrogens is 456 g/mol. The Labute approximate surface area is 209 Å². The van der Waals surface area contributed by atoms with E-state index in [0.717, 1.165) is 59.0 Å². The third kappa shape index (κ3) is 4.58. The second kappa shape index (κ2) is 9.62. The Kier molecular flexibility index (Phi) is 6.39. The summed E-state index contributed by atoms with van der Waals surface area (Å²) in [5.41, 5.74) is 5.65. The lowest BCUT2D eigenvalue weighted by Gasteiger charge is -2.14. The normalized spacial score (nSPS) is 13.0. The van der Waals surface area contributed by atoms with E-state index in [9.17, 15) is 9.59 Å². The molecule has 35 heavy (non-hydrogen) atoms. The largest absolute Gasteiger partial charge is 0.459 e. The highest BCUT2D eigenvalue weighted by Crippen LogP contribution is 2.39. The molecule has 0 atom stereocenters. The fourth-order valence-corrected chi connectivity index (χ4v) is 5.95. The van der Waals surface area contributed by atoms with Gasteiger partial charge in [-0.25, -0.2) is 9.78 Å². The van der Waals surface area contributed by atoms with Crippen molar-refractivity contribution >= 4 is 39.1 Å². The summed E-state index contributed by atoms with van der Waals surface area (Å²) in [5.74, 6) is -0.620. The van der Waals surface area contributed by atoms with Crippen molar-refractivity contribution in [2.45, 2.75) is 52.6 Å². The van der Waals surface area contributed by atoms with Gasteiger partial charge in [-0.15, -0.1) is 11.3 Å². The van der Waals surface area contributed by atoms with Crippen molar-refractivity contribution in [1.82, 2.24) is 4.98 Å². The molecule has 5 nitrogen and oxygen atoms in total. The van der Waals surface area contributed by atoms with Crippen LogP contribution in [0, 0.1) is 6.92 Å². The second-order valence-corrected chi connectivity index (χ2v) is 10.3. The number of carbonyl (C=O) groups excluding carboxylic acids is 2. The van der Waals surface area contributed by atoms with Crippen LogP contribution < -0.4 is 5.32 Å². The number of hydrogen-bond donors (Lipinski definition) is 1. The maximum atomic E-state index is 13.7. The number of rotatable bonds is 5. The molecule has 2 aromatic heterocycles. The first-order chi connectivity index (χ1) is 16.9. The molecule has 1 amide bonds. The molecule has 0 bridgehead atoms. The fourth-order valence-electron chi connectivity index (χ4n) is 4.67. The number of hydrogen-bond acceptors (Lipinski definition) is 5. The molecule has 0 fully saturated rings. The van der Waals surface area contributed by atoms with Crippen LogP contribution in [0.4, 0.5) is 5.00 Å². The fraction of sp³-hybridized carbons (Fsp3) is 0.276. The van der Waals surface area contributed by atoms with Gasteiger partial charge in [-0.2, -0.15) is 0 Å². The Hall–Kier alpha value is -3.51. The van der Waals surface area contributed by atoms with Crippen LogP contribution in [-0.4, -0.2) is 23.0 Å². The zero-order valence-electron chi connectivity index (χ0n) is 20.2. The van der Waals surface area contributed by atoms with Gasteiger partial charge in [-0.1, -0.05) is 42.5 Å². The van der Waals surface area contributed by atoms with Crippen molar-refractivity contribution in [2.75, 3.05) is 5.32 Å². The number of fused-ring (bicyclic) bond motifs is 2. The van der Waals surface area contributed by atoms with E-state index in [1.807, 2.05) is 75.4 Å². The predicted molar refractivity (Wildman–Crippen MR) is 141 cm³/mol. The van der Waals surface area contributed by atoms with E-state index < -0.39 is 0 Å². The molecule has 0 radical (unpaired) electrons. The molecule has 1 aliphatic rings. The van der Waals surface area contributed by atoms with Gasteiger partial charge in [0.25, 0.3) is 5.91 Å². The van der Waals surface area contributed by atoms with Crippen molar-refractivity contribution in [3.05, 3.63) is 81.7 Å². The highest BCUT2D eigenvalue weighted by atomic mass is 32.1. The molecular formula is C29H28N2O3S. The zero-order chi connectivity index (χ0) is 24.5. The molecule has 0 saturated heterocycles. The smallest absolute Gasteiger partial charge is 0.341 e. The van der Waals surface area contributed by atoms with Crippen LogP contribution >= 0.6 is 11.3 Å². The number of aromatic nitrogens is 1. The Balaban J connectivity index is 1.59. The van der Waals surface area contributed by atoms with Gasteiger partial charge >= 0.3 is 5.97 Å². The molecule has 2 aromatic carbocycles. The minimum absolute atomic E-state index is 0.231. The van der Waals surface area contributed by atoms with Crippen LogP contribution in [0.1, 0.15) is 63.4 Å². The lowest BCUT2D eigenvalue weighted by atomic mass is 9.95. The summed E-state index contributed by atoms with van der Waals surface area (Å²) in [4.78, 5) is 32.8. The highest BCUT2D eigenvalue weighted by molar-refractivity contribution is 7.17. The van der Waals surface area contributed by atoms with Crippen molar-refractivity contribution in [3.8, 4) is 11.3 Å². The number of benzene rings is 2. The van der Waals surface area contributed by atoms with Crippen LogP contribution in [0.5, 0.6) is 0 Å². The number of esters is 1. The summed E-state index contributed by atoms with van der Waals surface area (Å²) in [6.45, 7) is 5.71. The van der Waals surface area contributed by atoms with Crippen molar-refractivity contribution in [2.24, 2.45) is 0 Å². The van der Waals surface area contributed by atoms with Gasteiger partial charge < -0.3 is 10.1 Å². The molecule has 0 aliphatic heterocycles. The first kappa shape index (κ1) is 23.2. The molecule has 1 N–H and O–H groups in total. The van der Waals surface area contributed by atoms with Gasteiger partial charge in [0, 0.05) is 15.8 Å². The van der Waals surface area contributed by atoms with E-state index in [-0.39, 0.29) is 18.0 Å². The third-order valence-corrected chi connectivity index (χ3v) is 7.53. The lowest BCUT2D eigenvalue weighted by Crippen LogP contribution is -2.18. The molecule has 5 rings (SSSR count). The SMILES string of the molecule is Cc1ccccc1-c1cc(C(=O)Nc2sc3c(c2C(=O)OC(C)C)CCCC3)c2ccccc2n1. The summed E-state index contributed by atoms with van der Waals surface area (Å²) >= 11 is 1.50. The average Bonchev–Trinajstić information content (AvgIpc) is 3.21. The summed E-state index contributed by atoms with van der Waals surface area (Å²) < 4.78 is 5.56. The standard InChI is InChI=1S/C29H28N2O3S/c1-17(2)34-29(33)26-21-13-7-9-15-25(21)35-28(26)31-27(32)22-16-24(19-11-5-4-10-18(19)3)30-23-14-8-6-12-20(22)23/h4-6,8,10-12,14,16-17H,7,9,13,15H2,1-3H3,(H,31,32). The van der Waals surface area contributed by atoms with E-state index >= 15 is 0 Å². The van der Waals surface area contributed by atoms with Crippen LogP contribution in [0.2, 0.25) is 0 Å². The first-order valence-corrected chi connectivity index (χ1v) is 12.9. The molecule has 4 aromatic rings. The number of carbonyl (C=O) groups is 2. The van der Waals surface area contributed by atoms with Crippen LogP contribution in [0.25, 0.3) is 22.2 Å². The van der Waals surface area contributed by atoms with E-state index in [1.54, 1.807) is 0 Å². The van der Waals surface area contributed by atoms with E-state index in [1.165, 1.54) is 16.2 Å². The topological polar surface area (TPSA) is 68.3 Å². The predicted octanol–water partition coefficient (Wildman–Crippen LogP) is 6.97. The third-order valence-electron chi connectivity index (χ3n) is 6.33. The number of amides is 1. The molecule has 0 saturated carbocycles. The summed E-state index contributed by atoms with van der Waals surface area (Å²) in [6.07, 6.45) is 3.65. The number of anilines is 1. The maximum Gasteiger partial charge on any atom is 0.341 e. The van der Waals surface area contributed by atoms with Gasteiger partial charge in [0.15, 0.2) is 0 Å². The number of aryl methyl sites for hydroxylation is 2. The summed E-state index contributed by atoms with van der Waals surface area (Å²) in [7, 11) is 0. The molecule has 2 heterocycles. The zero-order valence-corrected chi connectivity index (χ0v) is 21.0. The van der Waals surface area contributed by atoms with Gasteiger partial charge in [-0.3, -0.25) is 4.79 Å². The van der Waals surface area contributed by atoms with Crippen molar-refractivity contribution in [3.63, 3.8) is 0 Å².